The van der Waals surface area contributed by atoms with E-state index in [1.807, 2.05) is 0 Å². The van der Waals surface area contributed by atoms with Gasteiger partial charge in [-0.2, -0.15) is 0 Å². The number of nitrogens with one attached hydrogen (secondary N) is 2. The lowest BCUT2D eigenvalue weighted by Crippen LogP contribution is -2.67. The zero-order chi connectivity index (χ0) is 29.4. The largest absolute Gasteiger partial charge is 0.480 e. The first kappa shape index (κ1) is 32.6. The highest BCUT2D eigenvalue weighted by molar-refractivity contribution is 5.80. The van der Waals surface area contributed by atoms with Gasteiger partial charge in [-0.15, -0.1) is 0 Å². The van der Waals surface area contributed by atoms with Gasteiger partial charge in [0.05, 0.1) is 6.10 Å². The second kappa shape index (κ2) is 13.9. The average Bonchev–Trinajstić information content (AvgIpc) is 2.72. The number of aliphatic carboxylic acids is 1. The topological polar surface area (TPSA) is 202 Å². The summed E-state index contributed by atoms with van der Waals surface area (Å²) in [6.07, 6.45) is -7.85. The Morgan fingerprint density at radius 3 is 1.92 bits per heavy atom. The summed E-state index contributed by atoms with van der Waals surface area (Å²) in [5.74, 6) is -4.37. The van der Waals surface area contributed by atoms with E-state index in [0.717, 1.165) is 27.7 Å². The van der Waals surface area contributed by atoms with Gasteiger partial charge in [0.1, 0.15) is 24.4 Å². The number of esters is 3. The lowest BCUT2D eigenvalue weighted by Gasteiger charge is -2.45. The molecule has 2 amide bonds. The van der Waals surface area contributed by atoms with Crippen molar-refractivity contribution in [1.82, 2.24) is 10.6 Å². The van der Waals surface area contributed by atoms with E-state index < -0.39 is 90.9 Å². The minimum Gasteiger partial charge on any atom is -0.480 e. The summed E-state index contributed by atoms with van der Waals surface area (Å²) in [6.45, 7) is 10.1. The van der Waals surface area contributed by atoms with Gasteiger partial charge in [0.2, 0.25) is 5.91 Å². The second-order valence-electron chi connectivity index (χ2n) is 9.52. The molecule has 3 N–H and O–H groups in total. The molecule has 0 aliphatic carbocycles. The molecule has 7 atom stereocenters. The van der Waals surface area contributed by atoms with E-state index in [-0.39, 0.29) is 0 Å². The van der Waals surface area contributed by atoms with Crippen molar-refractivity contribution in [3.63, 3.8) is 0 Å². The molecule has 1 aliphatic rings. The monoisotopic (exact) mass is 548 g/mol. The molecule has 1 heterocycles. The van der Waals surface area contributed by atoms with E-state index >= 15 is 0 Å². The smallest absolute Gasteiger partial charge is 0.408 e. The predicted molar refractivity (Wildman–Crippen MR) is 125 cm³/mol. The van der Waals surface area contributed by atoms with Gasteiger partial charge in [-0.25, -0.2) is 9.59 Å². The Balaban J connectivity index is 3.38. The first-order valence-corrected chi connectivity index (χ1v) is 11.7. The minimum atomic E-state index is -1.64. The molecule has 3 unspecified atom stereocenters. The van der Waals surface area contributed by atoms with Gasteiger partial charge < -0.3 is 44.2 Å². The lowest BCUT2D eigenvalue weighted by atomic mass is 9.95. The first-order valence-electron chi connectivity index (χ1n) is 11.7. The summed E-state index contributed by atoms with van der Waals surface area (Å²) in [7, 11) is 0. The summed E-state index contributed by atoms with van der Waals surface area (Å²) in [5.41, 5.74) is -0.910. The summed E-state index contributed by atoms with van der Waals surface area (Å²) < 4.78 is 32.4. The van der Waals surface area contributed by atoms with Crippen molar-refractivity contribution in [2.75, 3.05) is 6.61 Å². The zero-order valence-corrected chi connectivity index (χ0v) is 22.6. The van der Waals surface area contributed by atoms with Crippen molar-refractivity contribution in [2.24, 2.45) is 0 Å². The molecule has 0 bridgehead atoms. The summed E-state index contributed by atoms with van der Waals surface area (Å²) in [5, 5.41) is 14.4. The third-order valence-corrected chi connectivity index (χ3v) is 4.83. The third-order valence-electron chi connectivity index (χ3n) is 4.83. The molecule has 0 aromatic heterocycles. The molecule has 1 aliphatic heterocycles. The van der Waals surface area contributed by atoms with Gasteiger partial charge in [0, 0.05) is 27.7 Å². The fourth-order valence-corrected chi connectivity index (χ4v) is 3.51. The fourth-order valence-electron chi connectivity index (χ4n) is 3.51. The highest BCUT2D eigenvalue weighted by Gasteiger charge is 2.52. The van der Waals surface area contributed by atoms with Crippen LogP contribution in [-0.2, 0) is 52.4 Å². The van der Waals surface area contributed by atoms with E-state index in [4.69, 9.17) is 28.4 Å². The van der Waals surface area contributed by atoms with E-state index in [0.29, 0.717) is 0 Å². The van der Waals surface area contributed by atoms with Crippen LogP contribution in [-0.4, -0.2) is 96.0 Å². The normalized spacial score (nSPS) is 24.7. The van der Waals surface area contributed by atoms with Gasteiger partial charge in [0.25, 0.3) is 0 Å². The first-order chi connectivity index (χ1) is 17.4. The van der Waals surface area contributed by atoms with Crippen LogP contribution in [0.4, 0.5) is 4.79 Å². The molecular formula is C23H36N2O13. The van der Waals surface area contributed by atoms with E-state index in [1.54, 1.807) is 20.8 Å². The lowest BCUT2D eigenvalue weighted by molar-refractivity contribution is -0.287. The Labute approximate surface area is 219 Å². The predicted octanol–water partition coefficient (Wildman–Crippen LogP) is 0.0255. The van der Waals surface area contributed by atoms with Gasteiger partial charge in [-0.3, -0.25) is 19.2 Å². The van der Waals surface area contributed by atoms with E-state index in [1.165, 1.54) is 6.92 Å². The Morgan fingerprint density at radius 2 is 1.47 bits per heavy atom. The molecule has 1 fully saturated rings. The summed E-state index contributed by atoms with van der Waals surface area (Å²) in [6, 6.07) is -2.95. The summed E-state index contributed by atoms with van der Waals surface area (Å²) in [4.78, 5) is 71.3. The second-order valence-corrected chi connectivity index (χ2v) is 9.52. The number of carbonyl (C=O) groups is 6. The molecule has 1 saturated heterocycles. The van der Waals surface area contributed by atoms with Crippen LogP contribution in [0.1, 0.15) is 55.4 Å². The number of amides is 2. The highest BCUT2D eigenvalue weighted by Crippen LogP contribution is 2.29. The molecule has 38 heavy (non-hydrogen) atoms. The van der Waals surface area contributed by atoms with Crippen LogP contribution in [0.5, 0.6) is 0 Å². The van der Waals surface area contributed by atoms with Crippen LogP contribution in [0.25, 0.3) is 0 Å². The van der Waals surface area contributed by atoms with Crippen molar-refractivity contribution >= 4 is 35.9 Å². The van der Waals surface area contributed by atoms with Gasteiger partial charge in [0.15, 0.2) is 24.5 Å². The minimum absolute atomic E-state index is 0.468. The molecule has 0 radical (unpaired) electrons. The maximum atomic E-state index is 12.2. The Kier molecular flexibility index (Phi) is 11.9. The number of carbonyl (C=O) groups excluding carboxylic acids is 5. The third kappa shape index (κ3) is 10.9. The van der Waals surface area contributed by atoms with E-state index in [2.05, 4.69) is 10.6 Å². The van der Waals surface area contributed by atoms with Gasteiger partial charge >= 0.3 is 30.0 Å². The highest BCUT2D eigenvalue weighted by atomic mass is 16.7. The SMILES string of the molecule is CC(=O)NC1C(OC(C)=O)[C@H](OC(C)=O)C(COC(C)=O)O[C@H]1O[C@H](C)[C@H](NC(=O)OC(C)(C)C)C(=O)O. The van der Waals surface area contributed by atoms with Crippen molar-refractivity contribution in [2.45, 2.75) is 104 Å². The fraction of sp³-hybridized carbons (Fsp3) is 0.739. The Hall–Kier alpha value is -3.46. The summed E-state index contributed by atoms with van der Waals surface area (Å²) >= 11 is 0. The molecule has 0 aromatic carbocycles. The number of hydrogen-bond acceptors (Lipinski definition) is 12. The van der Waals surface area contributed by atoms with Crippen molar-refractivity contribution in [1.29, 1.82) is 0 Å². The number of carboxylic acids is 1. The quantitative estimate of drug-likeness (QED) is 0.244. The van der Waals surface area contributed by atoms with Crippen LogP contribution in [0, 0.1) is 0 Å². The molecule has 0 saturated carbocycles. The van der Waals surface area contributed by atoms with Crippen molar-refractivity contribution < 1.29 is 62.3 Å². The van der Waals surface area contributed by atoms with Crippen LogP contribution < -0.4 is 10.6 Å². The Bertz CT molecular complexity index is 900. The molecule has 15 nitrogen and oxygen atoms in total. The average molecular weight is 549 g/mol. The van der Waals surface area contributed by atoms with Crippen LogP contribution in [0.3, 0.4) is 0 Å². The molecule has 15 heteroatoms. The van der Waals surface area contributed by atoms with Gasteiger partial charge in [-0.05, 0) is 27.7 Å². The Morgan fingerprint density at radius 1 is 0.921 bits per heavy atom. The zero-order valence-electron chi connectivity index (χ0n) is 22.6. The van der Waals surface area contributed by atoms with Crippen molar-refractivity contribution in [3.8, 4) is 0 Å². The molecule has 1 rings (SSSR count). The molecule has 216 valence electrons. The molecule has 0 spiro atoms. The number of rotatable bonds is 10. The number of ether oxygens (including phenoxy) is 6. The van der Waals surface area contributed by atoms with Gasteiger partial charge in [-0.1, -0.05) is 0 Å². The maximum absolute atomic E-state index is 12.2. The molecular weight excluding hydrogens is 512 g/mol. The van der Waals surface area contributed by atoms with Crippen LogP contribution >= 0.6 is 0 Å². The molecule has 0 aromatic rings. The standard InChI is InChI=1S/C23H36N2O13/c1-10(16(20(30)31)25-22(32)38-23(6,7)8)34-21-17(24-11(2)26)19(36-14(5)29)18(35-13(4)28)15(37-21)9-33-12(3)27/h10,15-19,21H,9H2,1-8H3,(H,24,26)(H,25,32)(H,30,31)/t10-,15?,16+,17?,18-,19?,21-/m1/s1. The van der Waals surface area contributed by atoms with Crippen LogP contribution in [0.2, 0.25) is 0 Å². The van der Waals surface area contributed by atoms with Crippen LogP contribution in [0.15, 0.2) is 0 Å². The maximum Gasteiger partial charge on any atom is 0.408 e. The number of alkyl carbamates (subject to hydrolysis) is 1. The van der Waals surface area contributed by atoms with E-state index in [9.17, 15) is 33.9 Å². The van der Waals surface area contributed by atoms with Crippen molar-refractivity contribution in [3.05, 3.63) is 0 Å². The number of carboxylic acid groups (broad SMARTS) is 1. The number of hydrogen-bond donors (Lipinski definition) is 3.